The molecule has 15 heteroatoms. The van der Waals surface area contributed by atoms with Crippen LogP contribution in [0.15, 0.2) is 60.7 Å². The van der Waals surface area contributed by atoms with Crippen molar-refractivity contribution < 1.29 is 73.1 Å². The van der Waals surface area contributed by atoms with Gasteiger partial charge in [0.25, 0.3) is 0 Å². The number of carbonyl (C=O) groups is 4. The summed E-state index contributed by atoms with van der Waals surface area (Å²) in [6, 6.07) is 14.9. The van der Waals surface area contributed by atoms with Gasteiger partial charge in [0.2, 0.25) is 6.29 Å². The van der Waals surface area contributed by atoms with Gasteiger partial charge in [0, 0.05) is 38.3 Å². The Morgan fingerprint density at radius 3 is 2.06 bits per heavy atom. The van der Waals surface area contributed by atoms with Crippen molar-refractivity contribution in [3.63, 3.8) is 0 Å². The number of hydrogen-bond donors (Lipinski definition) is 5. The maximum atomic E-state index is 13.4. The van der Waals surface area contributed by atoms with Crippen LogP contribution in [0.3, 0.4) is 0 Å². The number of aliphatic hydroxyl groups is 5. The van der Waals surface area contributed by atoms with Crippen LogP contribution in [0, 0.1) is 0 Å². The summed E-state index contributed by atoms with van der Waals surface area (Å²) in [5, 5.41) is 51.4. The minimum absolute atomic E-state index is 0.0383. The highest BCUT2D eigenvalue weighted by molar-refractivity contribution is 5.87. The topological polar surface area (TPSA) is 225 Å². The molecule has 2 aromatic carbocycles. The van der Waals surface area contributed by atoms with Crippen LogP contribution < -0.4 is 4.74 Å². The zero-order valence-electron chi connectivity index (χ0n) is 26.1. The minimum Gasteiger partial charge on any atom is -0.462 e. The molecule has 0 aromatic heterocycles. The molecule has 1 saturated heterocycles. The molecule has 15 nitrogen and oxygen atoms in total. The molecule has 260 valence electrons. The second kappa shape index (κ2) is 16.1. The molecule has 0 bridgehead atoms. The third-order valence-corrected chi connectivity index (χ3v) is 7.71. The van der Waals surface area contributed by atoms with Gasteiger partial charge in [-0.25, -0.2) is 9.59 Å². The Kier molecular flexibility index (Phi) is 12.3. The number of ether oxygens (including phenoxy) is 6. The van der Waals surface area contributed by atoms with E-state index in [0.29, 0.717) is 5.56 Å². The third kappa shape index (κ3) is 9.15. The summed E-state index contributed by atoms with van der Waals surface area (Å²) in [5.74, 6) is -3.65. The number of aliphatic hydroxyl groups excluding tert-OH is 4. The van der Waals surface area contributed by atoms with E-state index in [1.54, 1.807) is 42.5 Å². The number of benzene rings is 2. The van der Waals surface area contributed by atoms with E-state index in [-0.39, 0.29) is 11.3 Å². The van der Waals surface area contributed by atoms with Crippen LogP contribution in [-0.2, 0) is 49.5 Å². The molecule has 1 aliphatic heterocycles. The highest BCUT2D eigenvalue weighted by Gasteiger charge is 2.55. The van der Waals surface area contributed by atoms with Gasteiger partial charge < -0.3 is 54.0 Å². The normalized spacial score (nSPS) is 30.2. The van der Waals surface area contributed by atoms with Gasteiger partial charge in [0.1, 0.15) is 49.0 Å². The molecule has 5 N–H and O–H groups in total. The first-order chi connectivity index (χ1) is 22.8. The maximum absolute atomic E-state index is 13.4. The van der Waals surface area contributed by atoms with E-state index in [0.717, 1.165) is 19.9 Å². The Morgan fingerprint density at radius 2 is 1.46 bits per heavy atom. The molecule has 2 aromatic rings. The summed E-state index contributed by atoms with van der Waals surface area (Å²) < 4.78 is 32.7. The predicted molar refractivity (Wildman–Crippen MR) is 161 cm³/mol. The number of para-hydroxylation sites is 1. The van der Waals surface area contributed by atoms with E-state index in [4.69, 9.17) is 28.4 Å². The molecule has 0 amide bonds. The highest BCUT2D eigenvalue weighted by Crippen LogP contribution is 2.36. The van der Waals surface area contributed by atoms with Crippen LogP contribution in [0.4, 0.5) is 0 Å². The van der Waals surface area contributed by atoms with E-state index >= 15 is 0 Å². The predicted octanol–water partition coefficient (Wildman–Crippen LogP) is -0.0780. The molecule has 0 radical (unpaired) electrons. The second-order valence-electron chi connectivity index (χ2n) is 11.4. The molecule has 48 heavy (non-hydrogen) atoms. The van der Waals surface area contributed by atoms with Crippen molar-refractivity contribution in [2.75, 3.05) is 6.61 Å². The van der Waals surface area contributed by atoms with Crippen molar-refractivity contribution >= 4 is 30.0 Å². The maximum Gasteiger partial charge on any atom is 0.338 e. The van der Waals surface area contributed by atoms with Crippen molar-refractivity contribution in [3.05, 3.63) is 71.8 Å². The molecular formula is C33H38O15. The first-order valence-electron chi connectivity index (χ1n) is 15.0. The van der Waals surface area contributed by atoms with E-state index in [1.165, 1.54) is 18.2 Å². The molecule has 2 aliphatic rings. The molecule has 2 fully saturated rings. The van der Waals surface area contributed by atoms with Crippen molar-refractivity contribution in [2.45, 2.75) is 87.9 Å². The van der Waals surface area contributed by atoms with Crippen molar-refractivity contribution in [2.24, 2.45) is 0 Å². The van der Waals surface area contributed by atoms with Gasteiger partial charge in [0.05, 0.1) is 6.61 Å². The lowest BCUT2D eigenvalue weighted by molar-refractivity contribution is -0.277. The van der Waals surface area contributed by atoms with Crippen molar-refractivity contribution in [1.82, 2.24) is 0 Å². The second-order valence-corrected chi connectivity index (χ2v) is 11.4. The number of rotatable bonds is 11. The SMILES string of the molecule is CC(=O)O[C@@H]1CC(O)(C(=O)OCc2ccccc2O[C@@H]2O[C@H](CO)[C@@H](O)[C@H](O)[C@H]2O)C[C@@H](OC(C)=O)C1OC(=O)/C=C/c1ccccc1. The number of carbonyl (C=O) groups excluding carboxylic acids is 4. The lowest BCUT2D eigenvalue weighted by Gasteiger charge is -2.42. The van der Waals surface area contributed by atoms with Gasteiger partial charge in [-0.1, -0.05) is 48.5 Å². The van der Waals surface area contributed by atoms with E-state index in [2.05, 4.69) is 0 Å². The molecule has 4 rings (SSSR count). The summed E-state index contributed by atoms with van der Waals surface area (Å²) >= 11 is 0. The Bertz CT molecular complexity index is 1430. The third-order valence-electron chi connectivity index (χ3n) is 7.71. The van der Waals surface area contributed by atoms with Crippen LogP contribution in [0.5, 0.6) is 5.75 Å². The van der Waals surface area contributed by atoms with Crippen molar-refractivity contribution in [1.29, 1.82) is 0 Å². The Labute approximate surface area is 275 Å². The monoisotopic (exact) mass is 674 g/mol. The molecule has 0 unspecified atom stereocenters. The standard InChI is InChI=1S/C33H38O15/c1-18(35)44-23-14-33(42,15-24(45-19(2)36)30(23)48-26(37)13-12-20-8-4-3-5-9-20)32(41)43-17-21-10-6-7-11-22(21)46-31-29(40)28(39)27(38)25(16-34)47-31/h3-13,23-25,27-31,34,38-40,42H,14-17H2,1-2H3/b13-12+/t23-,24-,25-,27-,28+,29-,30?,31-,33?/m1/s1. The Morgan fingerprint density at radius 1 is 0.854 bits per heavy atom. The summed E-state index contributed by atoms with van der Waals surface area (Å²) in [5.41, 5.74) is -1.45. The summed E-state index contributed by atoms with van der Waals surface area (Å²) in [6.45, 7) is 0.990. The van der Waals surface area contributed by atoms with Gasteiger partial charge in [0.15, 0.2) is 11.7 Å². The lowest BCUT2D eigenvalue weighted by Crippen LogP contribution is -2.60. The molecular weight excluding hydrogens is 636 g/mol. The lowest BCUT2D eigenvalue weighted by atomic mass is 9.79. The van der Waals surface area contributed by atoms with Gasteiger partial charge >= 0.3 is 23.9 Å². The molecule has 1 aliphatic carbocycles. The van der Waals surface area contributed by atoms with E-state index in [1.807, 2.05) is 0 Å². The molecule has 0 spiro atoms. The average Bonchev–Trinajstić information content (AvgIpc) is 3.05. The average molecular weight is 675 g/mol. The first kappa shape index (κ1) is 36.5. The first-order valence-corrected chi connectivity index (χ1v) is 15.0. The van der Waals surface area contributed by atoms with Crippen LogP contribution in [-0.4, -0.2) is 111 Å². The van der Waals surface area contributed by atoms with Crippen LogP contribution >= 0.6 is 0 Å². The zero-order valence-corrected chi connectivity index (χ0v) is 26.1. The van der Waals surface area contributed by atoms with E-state index in [9.17, 15) is 44.7 Å². The molecule has 7 atom stereocenters. The highest BCUT2D eigenvalue weighted by atomic mass is 16.7. The zero-order chi connectivity index (χ0) is 35.0. The number of hydrogen-bond acceptors (Lipinski definition) is 15. The number of esters is 4. The smallest absolute Gasteiger partial charge is 0.338 e. The largest absolute Gasteiger partial charge is 0.462 e. The fourth-order valence-corrected chi connectivity index (χ4v) is 5.39. The molecule has 1 heterocycles. The Balaban J connectivity index is 1.49. The van der Waals surface area contributed by atoms with Crippen LogP contribution in [0.2, 0.25) is 0 Å². The quantitative estimate of drug-likeness (QED) is 0.119. The summed E-state index contributed by atoms with van der Waals surface area (Å²) in [4.78, 5) is 50.2. The van der Waals surface area contributed by atoms with Gasteiger partial charge in [-0.05, 0) is 17.7 Å². The van der Waals surface area contributed by atoms with Crippen LogP contribution in [0.25, 0.3) is 6.08 Å². The summed E-state index contributed by atoms with van der Waals surface area (Å²) in [7, 11) is 0. The summed E-state index contributed by atoms with van der Waals surface area (Å²) in [6.07, 6.45) is -10.5. The van der Waals surface area contributed by atoms with E-state index < -0.39 is 105 Å². The minimum atomic E-state index is -2.38. The fourth-order valence-electron chi connectivity index (χ4n) is 5.39. The van der Waals surface area contributed by atoms with Crippen LogP contribution in [0.1, 0.15) is 37.8 Å². The van der Waals surface area contributed by atoms with Gasteiger partial charge in [-0.2, -0.15) is 0 Å². The Hall–Kier alpha value is -4.38. The van der Waals surface area contributed by atoms with Gasteiger partial charge in [-0.3, -0.25) is 9.59 Å². The van der Waals surface area contributed by atoms with Crippen molar-refractivity contribution in [3.8, 4) is 5.75 Å². The fraction of sp³-hybridized carbons (Fsp3) is 0.455. The van der Waals surface area contributed by atoms with Gasteiger partial charge in [-0.15, -0.1) is 0 Å². The molecule has 1 saturated carbocycles.